The highest BCUT2D eigenvalue weighted by Gasteiger charge is 2.18. The molecule has 0 aliphatic heterocycles. The van der Waals surface area contributed by atoms with Gasteiger partial charge in [0.15, 0.2) is 0 Å². The molecule has 2 aromatic carbocycles. The van der Waals surface area contributed by atoms with Gasteiger partial charge < -0.3 is 10.4 Å². The third kappa shape index (κ3) is 5.00. The zero-order chi connectivity index (χ0) is 15.1. The van der Waals surface area contributed by atoms with Gasteiger partial charge in [0.2, 0.25) is 0 Å². The molecule has 0 radical (unpaired) electrons. The average molecular weight is 283 g/mol. The summed E-state index contributed by atoms with van der Waals surface area (Å²) in [5.74, 6) is 0.273. The Hall–Kier alpha value is -1.64. The van der Waals surface area contributed by atoms with E-state index in [-0.39, 0.29) is 18.1 Å². The maximum atomic E-state index is 10.2. The molecule has 21 heavy (non-hydrogen) atoms. The van der Waals surface area contributed by atoms with Gasteiger partial charge in [-0.05, 0) is 23.5 Å². The standard InChI is InChI=1S/C19H25NO/c1-15(2)19(21)13-18(17-11-7-4-8-12-17)20-14-16-9-5-3-6-10-16/h3-12,15,18-21H,13-14H2,1-2H3/t18-,19-/m0/s1. The number of aliphatic hydroxyl groups is 1. The maximum absolute atomic E-state index is 10.2. The SMILES string of the molecule is CC(C)[C@@H](O)C[C@H](NCc1ccccc1)c1ccccc1. The second kappa shape index (κ2) is 7.96. The third-order valence-corrected chi connectivity index (χ3v) is 3.84. The Bertz CT molecular complexity index is 510. The van der Waals surface area contributed by atoms with Crippen LogP contribution in [0.3, 0.4) is 0 Å². The van der Waals surface area contributed by atoms with E-state index < -0.39 is 0 Å². The smallest absolute Gasteiger partial charge is 0.0581 e. The zero-order valence-corrected chi connectivity index (χ0v) is 12.9. The number of nitrogens with one attached hydrogen (secondary N) is 1. The van der Waals surface area contributed by atoms with Gasteiger partial charge in [-0.25, -0.2) is 0 Å². The lowest BCUT2D eigenvalue weighted by atomic mass is 9.95. The molecule has 2 aromatic rings. The van der Waals surface area contributed by atoms with Gasteiger partial charge in [-0.3, -0.25) is 0 Å². The lowest BCUT2D eigenvalue weighted by Gasteiger charge is -2.24. The second-order valence-electron chi connectivity index (χ2n) is 5.88. The number of hydrogen-bond acceptors (Lipinski definition) is 2. The molecule has 0 aliphatic rings. The first-order valence-electron chi connectivity index (χ1n) is 7.67. The van der Waals surface area contributed by atoms with E-state index >= 15 is 0 Å². The minimum absolute atomic E-state index is 0.170. The Balaban J connectivity index is 2.05. The molecule has 0 saturated carbocycles. The van der Waals surface area contributed by atoms with Crippen LogP contribution in [-0.2, 0) is 6.54 Å². The molecule has 0 bridgehead atoms. The molecule has 0 aromatic heterocycles. The highest BCUT2D eigenvalue weighted by molar-refractivity contribution is 5.20. The van der Waals surface area contributed by atoms with E-state index in [1.807, 2.05) is 24.3 Å². The molecule has 0 unspecified atom stereocenters. The third-order valence-electron chi connectivity index (χ3n) is 3.84. The summed E-state index contributed by atoms with van der Waals surface area (Å²) in [7, 11) is 0. The highest BCUT2D eigenvalue weighted by atomic mass is 16.3. The zero-order valence-electron chi connectivity index (χ0n) is 12.9. The van der Waals surface area contributed by atoms with Crippen molar-refractivity contribution in [1.82, 2.24) is 5.32 Å². The Morgan fingerprint density at radius 2 is 1.48 bits per heavy atom. The Morgan fingerprint density at radius 1 is 0.905 bits per heavy atom. The Morgan fingerprint density at radius 3 is 2.05 bits per heavy atom. The molecule has 112 valence electrons. The minimum atomic E-state index is -0.293. The van der Waals surface area contributed by atoms with Crippen LogP contribution in [0.1, 0.15) is 37.4 Å². The van der Waals surface area contributed by atoms with Gasteiger partial charge in [0.1, 0.15) is 0 Å². The van der Waals surface area contributed by atoms with Crippen LogP contribution in [0.4, 0.5) is 0 Å². The second-order valence-corrected chi connectivity index (χ2v) is 5.88. The summed E-state index contributed by atoms with van der Waals surface area (Å²) < 4.78 is 0. The van der Waals surface area contributed by atoms with Crippen LogP contribution >= 0.6 is 0 Å². The molecule has 2 rings (SSSR count). The first-order valence-corrected chi connectivity index (χ1v) is 7.67. The summed E-state index contributed by atoms with van der Waals surface area (Å²) in [5, 5.41) is 13.8. The predicted molar refractivity (Wildman–Crippen MR) is 87.9 cm³/mol. The van der Waals surface area contributed by atoms with E-state index in [1.54, 1.807) is 0 Å². The minimum Gasteiger partial charge on any atom is -0.393 e. The topological polar surface area (TPSA) is 32.3 Å². The first kappa shape index (κ1) is 15.7. The van der Waals surface area contributed by atoms with Gasteiger partial charge in [0, 0.05) is 12.6 Å². The molecule has 0 aliphatic carbocycles. The van der Waals surface area contributed by atoms with E-state index in [4.69, 9.17) is 0 Å². The maximum Gasteiger partial charge on any atom is 0.0581 e. The normalized spacial score (nSPS) is 14.1. The molecule has 0 fully saturated rings. The fraction of sp³-hybridized carbons (Fsp3) is 0.368. The number of benzene rings is 2. The van der Waals surface area contributed by atoms with Gasteiger partial charge in [-0.1, -0.05) is 74.5 Å². The number of aliphatic hydroxyl groups excluding tert-OH is 1. The van der Waals surface area contributed by atoms with E-state index in [0.29, 0.717) is 0 Å². The van der Waals surface area contributed by atoms with Crippen LogP contribution in [0, 0.1) is 5.92 Å². The van der Waals surface area contributed by atoms with E-state index in [0.717, 1.165) is 13.0 Å². The molecule has 2 nitrogen and oxygen atoms in total. The summed E-state index contributed by atoms with van der Waals surface area (Å²) in [6.45, 7) is 4.93. The van der Waals surface area contributed by atoms with Crippen LogP contribution in [0.25, 0.3) is 0 Å². The van der Waals surface area contributed by atoms with Crippen molar-refractivity contribution < 1.29 is 5.11 Å². The number of rotatable bonds is 7. The van der Waals surface area contributed by atoms with Gasteiger partial charge in [-0.2, -0.15) is 0 Å². The van der Waals surface area contributed by atoms with Crippen LogP contribution in [0.5, 0.6) is 0 Å². The van der Waals surface area contributed by atoms with Crippen molar-refractivity contribution in [2.24, 2.45) is 5.92 Å². The highest BCUT2D eigenvalue weighted by Crippen LogP contribution is 2.22. The van der Waals surface area contributed by atoms with Crippen molar-refractivity contribution in [3.63, 3.8) is 0 Å². The van der Waals surface area contributed by atoms with Crippen LogP contribution < -0.4 is 5.32 Å². The molecule has 2 atom stereocenters. The molecule has 0 heterocycles. The molecule has 2 N–H and O–H groups in total. The summed E-state index contributed by atoms with van der Waals surface area (Å²) in [6.07, 6.45) is 0.438. The van der Waals surface area contributed by atoms with Crippen molar-refractivity contribution >= 4 is 0 Å². The summed E-state index contributed by atoms with van der Waals surface area (Å²) >= 11 is 0. The van der Waals surface area contributed by atoms with Crippen molar-refractivity contribution in [2.45, 2.75) is 39.0 Å². The van der Waals surface area contributed by atoms with E-state index in [9.17, 15) is 5.11 Å². The first-order chi connectivity index (χ1) is 10.2. The van der Waals surface area contributed by atoms with Crippen molar-refractivity contribution in [3.05, 3.63) is 71.8 Å². The average Bonchev–Trinajstić information content (AvgIpc) is 2.53. The lowest BCUT2D eigenvalue weighted by Crippen LogP contribution is -2.27. The van der Waals surface area contributed by atoms with Crippen LogP contribution in [0.15, 0.2) is 60.7 Å². The molecule has 0 spiro atoms. The molecular weight excluding hydrogens is 258 g/mol. The number of hydrogen-bond donors (Lipinski definition) is 2. The van der Waals surface area contributed by atoms with Crippen LogP contribution in [0.2, 0.25) is 0 Å². The summed E-state index contributed by atoms with van der Waals surface area (Å²) in [6, 6.07) is 20.9. The summed E-state index contributed by atoms with van der Waals surface area (Å²) in [4.78, 5) is 0. The monoisotopic (exact) mass is 283 g/mol. The summed E-state index contributed by atoms with van der Waals surface area (Å²) in [5.41, 5.74) is 2.49. The molecule has 0 amide bonds. The van der Waals surface area contributed by atoms with Gasteiger partial charge in [0.25, 0.3) is 0 Å². The largest absolute Gasteiger partial charge is 0.393 e. The van der Waals surface area contributed by atoms with Gasteiger partial charge in [0.05, 0.1) is 6.10 Å². The Labute approximate surface area is 127 Å². The van der Waals surface area contributed by atoms with Gasteiger partial charge >= 0.3 is 0 Å². The van der Waals surface area contributed by atoms with Crippen molar-refractivity contribution in [2.75, 3.05) is 0 Å². The predicted octanol–water partition coefficient (Wildman–Crippen LogP) is 3.92. The molecule has 0 saturated heterocycles. The molecular formula is C19H25NO. The lowest BCUT2D eigenvalue weighted by molar-refractivity contribution is 0.103. The van der Waals surface area contributed by atoms with Crippen molar-refractivity contribution in [1.29, 1.82) is 0 Å². The Kier molecular flexibility index (Phi) is 5.97. The molecule has 2 heteroatoms. The fourth-order valence-electron chi connectivity index (χ4n) is 2.37. The van der Waals surface area contributed by atoms with E-state index in [1.165, 1.54) is 11.1 Å². The van der Waals surface area contributed by atoms with Crippen LogP contribution in [-0.4, -0.2) is 11.2 Å². The van der Waals surface area contributed by atoms with E-state index in [2.05, 4.69) is 55.6 Å². The fourth-order valence-corrected chi connectivity index (χ4v) is 2.37. The quantitative estimate of drug-likeness (QED) is 0.807. The van der Waals surface area contributed by atoms with Gasteiger partial charge in [-0.15, -0.1) is 0 Å². The van der Waals surface area contributed by atoms with Crippen molar-refractivity contribution in [3.8, 4) is 0 Å².